The number of rotatable bonds is 6. The molecule has 128 valence electrons. The van der Waals surface area contributed by atoms with Gasteiger partial charge < -0.3 is 0 Å². The van der Waals surface area contributed by atoms with Crippen LogP contribution >= 0.6 is 7.41 Å². The summed E-state index contributed by atoms with van der Waals surface area (Å²) in [7, 11) is -2.14. The summed E-state index contributed by atoms with van der Waals surface area (Å²) in [6.45, 7) is 4.56. The summed E-state index contributed by atoms with van der Waals surface area (Å²) < 4.78 is 0. The van der Waals surface area contributed by atoms with E-state index in [0.717, 1.165) is 12.8 Å². The first-order valence-corrected chi connectivity index (χ1v) is 10.9. The monoisotopic (exact) mass is 348 g/mol. The van der Waals surface area contributed by atoms with Gasteiger partial charge in [0.05, 0.1) is 0 Å². The van der Waals surface area contributed by atoms with E-state index in [-0.39, 0.29) is 5.16 Å². The minimum atomic E-state index is -2.14. The highest BCUT2D eigenvalue weighted by Gasteiger charge is 2.58. The molecule has 0 atom stereocenters. The van der Waals surface area contributed by atoms with Gasteiger partial charge in [-0.05, 0) is 42.7 Å². The van der Waals surface area contributed by atoms with Crippen molar-refractivity contribution >= 4 is 18.0 Å². The van der Waals surface area contributed by atoms with E-state index < -0.39 is 7.41 Å². The van der Waals surface area contributed by atoms with E-state index in [2.05, 4.69) is 105 Å². The summed E-state index contributed by atoms with van der Waals surface area (Å²) in [6, 6.07) is 32.3. The van der Waals surface area contributed by atoms with E-state index in [9.17, 15) is 0 Å². The standard InChI is InChI=1S/C23H27NP/c1-3-23(4-2,20-14-8-5-9-15-20)25(24,21-16-10-6-11-17-21)22-18-12-7-13-19-22/h5-19H,3-4,24H2,1-2H3/q+1. The molecule has 0 radical (unpaired) electrons. The van der Waals surface area contributed by atoms with Gasteiger partial charge in [-0.25, -0.2) is 0 Å². The Labute approximate surface area is 152 Å². The van der Waals surface area contributed by atoms with Crippen molar-refractivity contribution in [3.05, 3.63) is 96.6 Å². The van der Waals surface area contributed by atoms with Crippen molar-refractivity contribution in [2.24, 2.45) is 5.50 Å². The van der Waals surface area contributed by atoms with Gasteiger partial charge in [0.1, 0.15) is 15.8 Å². The van der Waals surface area contributed by atoms with E-state index in [0.29, 0.717) is 0 Å². The third-order valence-corrected chi connectivity index (χ3v) is 9.95. The molecule has 0 heterocycles. The number of hydrogen-bond acceptors (Lipinski definition) is 1. The molecule has 2 N–H and O–H groups in total. The van der Waals surface area contributed by atoms with Crippen LogP contribution in [0.1, 0.15) is 32.3 Å². The zero-order valence-corrected chi connectivity index (χ0v) is 16.0. The van der Waals surface area contributed by atoms with Gasteiger partial charge in [-0.2, -0.15) is 5.50 Å². The van der Waals surface area contributed by atoms with Crippen LogP contribution in [0, 0.1) is 0 Å². The topological polar surface area (TPSA) is 26.0 Å². The van der Waals surface area contributed by atoms with Gasteiger partial charge in [0.25, 0.3) is 0 Å². The Kier molecular flexibility index (Phi) is 5.37. The lowest BCUT2D eigenvalue weighted by molar-refractivity contribution is 0.563. The molecule has 0 aromatic heterocycles. The normalized spacial score (nSPS) is 12.1. The Bertz CT molecular complexity index is 741. The molecule has 0 aliphatic rings. The van der Waals surface area contributed by atoms with Gasteiger partial charge in [-0.3, -0.25) is 0 Å². The van der Waals surface area contributed by atoms with Crippen LogP contribution in [0.5, 0.6) is 0 Å². The molecule has 0 fully saturated rings. The molecule has 25 heavy (non-hydrogen) atoms. The average Bonchev–Trinajstić information content (AvgIpc) is 2.71. The van der Waals surface area contributed by atoms with Crippen molar-refractivity contribution in [1.82, 2.24) is 0 Å². The minimum Gasteiger partial charge on any atom is -0.195 e. The summed E-state index contributed by atoms with van der Waals surface area (Å²) in [4.78, 5) is 0. The Balaban J connectivity index is 2.33. The Morgan fingerprint density at radius 2 is 1.00 bits per heavy atom. The van der Waals surface area contributed by atoms with E-state index >= 15 is 0 Å². The van der Waals surface area contributed by atoms with E-state index in [1.165, 1.54) is 16.2 Å². The van der Waals surface area contributed by atoms with Crippen LogP contribution in [-0.2, 0) is 5.16 Å². The van der Waals surface area contributed by atoms with Gasteiger partial charge >= 0.3 is 0 Å². The van der Waals surface area contributed by atoms with Crippen molar-refractivity contribution < 1.29 is 0 Å². The highest BCUT2D eigenvalue weighted by molar-refractivity contribution is 7.88. The molecule has 1 nitrogen and oxygen atoms in total. The van der Waals surface area contributed by atoms with Gasteiger partial charge in [-0.1, -0.05) is 80.6 Å². The molecule has 2 heteroatoms. The van der Waals surface area contributed by atoms with Gasteiger partial charge in [0.15, 0.2) is 7.41 Å². The van der Waals surface area contributed by atoms with Crippen molar-refractivity contribution in [3.8, 4) is 0 Å². The maximum atomic E-state index is 7.48. The second-order valence-electron chi connectivity index (χ2n) is 6.50. The lowest BCUT2D eigenvalue weighted by atomic mass is 9.93. The lowest BCUT2D eigenvalue weighted by Crippen LogP contribution is -2.44. The lowest BCUT2D eigenvalue weighted by Gasteiger charge is -2.41. The quantitative estimate of drug-likeness (QED) is 0.605. The molecule has 3 aromatic carbocycles. The maximum Gasteiger partial charge on any atom is 0.153 e. The Hall–Kier alpha value is -1.95. The fourth-order valence-electron chi connectivity index (χ4n) is 4.08. The van der Waals surface area contributed by atoms with Gasteiger partial charge in [-0.15, -0.1) is 0 Å². The van der Waals surface area contributed by atoms with Crippen LogP contribution in [0.2, 0.25) is 0 Å². The third-order valence-electron chi connectivity index (χ3n) is 5.48. The van der Waals surface area contributed by atoms with Crippen LogP contribution < -0.4 is 16.1 Å². The summed E-state index contributed by atoms with van der Waals surface area (Å²) in [6.07, 6.45) is 2.03. The van der Waals surface area contributed by atoms with Crippen molar-refractivity contribution in [2.45, 2.75) is 31.8 Å². The molecule has 0 unspecified atom stereocenters. The molecule has 0 saturated heterocycles. The summed E-state index contributed by atoms with van der Waals surface area (Å²) in [5, 5.41) is 2.47. The van der Waals surface area contributed by atoms with Crippen LogP contribution in [0.15, 0.2) is 91.0 Å². The fraction of sp³-hybridized carbons (Fsp3) is 0.217. The van der Waals surface area contributed by atoms with E-state index in [4.69, 9.17) is 5.50 Å². The van der Waals surface area contributed by atoms with Crippen LogP contribution in [-0.4, -0.2) is 0 Å². The number of benzene rings is 3. The van der Waals surface area contributed by atoms with Crippen molar-refractivity contribution in [1.29, 1.82) is 0 Å². The van der Waals surface area contributed by atoms with Crippen LogP contribution in [0.25, 0.3) is 0 Å². The zero-order valence-electron chi connectivity index (χ0n) is 15.1. The van der Waals surface area contributed by atoms with Crippen LogP contribution in [0.4, 0.5) is 0 Å². The minimum absolute atomic E-state index is 0.0725. The molecule has 0 spiro atoms. The SMILES string of the molecule is CCC(CC)(c1ccccc1)[P+](N)(c1ccccc1)c1ccccc1. The fourth-order valence-corrected chi connectivity index (χ4v) is 8.20. The van der Waals surface area contributed by atoms with E-state index in [1.807, 2.05) is 0 Å². The molecule has 0 saturated carbocycles. The molecule has 0 aliphatic carbocycles. The van der Waals surface area contributed by atoms with Crippen molar-refractivity contribution in [2.75, 3.05) is 0 Å². The molecule has 0 bridgehead atoms. The Morgan fingerprint density at radius 3 is 1.36 bits per heavy atom. The van der Waals surface area contributed by atoms with Gasteiger partial charge in [0, 0.05) is 0 Å². The molecule has 0 amide bonds. The second-order valence-corrected chi connectivity index (χ2v) is 9.83. The third kappa shape index (κ3) is 2.92. The summed E-state index contributed by atoms with van der Waals surface area (Å²) >= 11 is 0. The van der Waals surface area contributed by atoms with E-state index in [1.54, 1.807) is 0 Å². The highest BCUT2D eigenvalue weighted by atomic mass is 31.2. The molecule has 0 aliphatic heterocycles. The predicted octanol–water partition coefficient (Wildman–Crippen LogP) is 5.24. The first kappa shape index (κ1) is 17.9. The summed E-state index contributed by atoms with van der Waals surface area (Å²) in [5.41, 5.74) is 8.83. The highest BCUT2D eigenvalue weighted by Crippen LogP contribution is 2.68. The largest absolute Gasteiger partial charge is 0.195 e. The zero-order chi connectivity index (χ0) is 17.8. The second kappa shape index (κ2) is 7.52. The number of nitrogens with two attached hydrogens (primary N) is 1. The predicted molar refractivity (Wildman–Crippen MR) is 112 cm³/mol. The molecule has 3 rings (SSSR count). The van der Waals surface area contributed by atoms with Crippen LogP contribution in [0.3, 0.4) is 0 Å². The Morgan fingerprint density at radius 1 is 0.640 bits per heavy atom. The first-order valence-electron chi connectivity index (χ1n) is 9.03. The molecular weight excluding hydrogens is 321 g/mol. The average molecular weight is 348 g/mol. The van der Waals surface area contributed by atoms with Gasteiger partial charge in [0.2, 0.25) is 0 Å². The molecular formula is C23H27NP+. The first-order chi connectivity index (χ1) is 12.2. The number of hydrogen-bond donors (Lipinski definition) is 1. The summed E-state index contributed by atoms with van der Waals surface area (Å²) in [5.74, 6) is 0. The molecule has 3 aromatic rings. The maximum absolute atomic E-state index is 7.48. The van der Waals surface area contributed by atoms with Crippen molar-refractivity contribution in [3.63, 3.8) is 0 Å². The smallest absolute Gasteiger partial charge is 0.153 e.